The summed E-state index contributed by atoms with van der Waals surface area (Å²) in [4.78, 5) is 2.24. The molecule has 0 aliphatic carbocycles. The van der Waals surface area contributed by atoms with E-state index in [0.717, 1.165) is 12.1 Å². The fraction of sp³-hybridized carbons (Fsp3) is 0.571. The third kappa shape index (κ3) is 5.32. The zero-order chi connectivity index (χ0) is 16.2. The van der Waals surface area contributed by atoms with Gasteiger partial charge in [-0.05, 0) is 61.8 Å². The van der Waals surface area contributed by atoms with Crippen LogP contribution >= 0.6 is 15.9 Å². The summed E-state index contributed by atoms with van der Waals surface area (Å²) in [5.41, 5.74) is 0. The second kappa shape index (κ2) is 7.67. The molecule has 4 nitrogen and oxygen atoms in total. The van der Waals surface area contributed by atoms with Crippen molar-refractivity contribution >= 4 is 26.0 Å². The van der Waals surface area contributed by atoms with E-state index in [9.17, 15) is 12.8 Å². The summed E-state index contributed by atoms with van der Waals surface area (Å²) in [7, 11) is -3.64. The minimum atomic E-state index is -3.64. The van der Waals surface area contributed by atoms with Gasteiger partial charge in [-0.25, -0.2) is 17.5 Å². The highest BCUT2D eigenvalue weighted by Crippen LogP contribution is 2.22. The molecule has 0 heterocycles. The van der Waals surface area contributed by atoms with Gasteiger partial charge in [-0.1, -0.05) is 0 Å². The number of nitrogens with one attached hydrogen (secondary N) is 1. The summed E-state index contributed by atoms with van der Waals surface area (Å²) in [5, 5.41) is 0. The standard InChI is InChI=1S/C14H22BrFN2O2S/c1-10(2)18(11(3)4)8-7-17-21(19,20)14-6-5-12(16)9-13(14)15/h5-6,9-11,17H,7-8H2,1-4H3. The van der Waals surface area contributed by atoms with E-state index in [1.54, 1.807) is 0 Å². The van der Waals surface area contributed by atoms with Gasteiger partial charge in [0.15, 0.2) is 0 Å². The Morgan fingerprint density at radius 1 is 1.24 bits per heavy atom. The maximum Gasteiger partial charge on any atom is 0.241 e. The molecule has 0 fully saturated rings. The highest BCUT2D eigenvalue weighted by atomic mass is 79.9. The van der Waals surface area contributed by atoms with Crippen LogP contribution in [0.5, 0.6) is 0 Å². The van der Waals surface area contributed by atoms with E-state index in [-0.39, 0.29) is 9.37 Å². The Hall–Kier alpha value is -0.500. The van der Waals surface area contributed by atoms with Gasteiger partial charge in [0.1, 0.15) is 5.82 Å². The summed E-state index contributed by atoms with van der Waals surface area (Å²) < 4.78 is 40.2. The van der Waals surface area contributed by atoms with Gasteiger partial charge < -0.3 is 0 Å². The van der Waals surface area contributed by atoms with Gasteiger partial charge in [0.2, 0.25) is 10.0 Å². The molecular formula is C14H22BrFN2O2S. The van der Waals surface area contributed by atoms with Crippen molar-refractivity contribution in [3.8, 4) is 0 Å². The first-order valence-corrected chi connectivity index (χ1v) is 9.13. The van der Waals surface area contributed by atoms with Gasteiger partial charge in [0.05, 0.1) is 4.90 Å². The Kier molecular flexibility index (Phi) is 6.77. The largest absolute Gasteiger partial charge is 0.297 e. The van der Waals surface area contributed by atoms with E-state index in [2.05, 4.69) is 53.2 Å². The lowest BCUT2D eigenvalue weighted by Gasteiger charge is -2.30. The summed E-state index contributed by atoms with van der Waals surface area (Å²) >= 11 is 3.08. The highest BCUT2D eigenvalue weighted by Gasteiger charge is 2.19. The maximum atomic E-state index is 13.0. The first-order valence-electron chi connectivity index (χ1n) is 6.85. The third-order valence-electron chi connectivity index (χ3n) is 3.17. The Morgan fingerprint density at radius 2 is 1.81 bits per heavy atom. The number of rotatable bonds is 7. The molecular weight excluding hydrogens is 359 g/mol. The molecule has 7 heteroatoms. The first-order chi connectivity index (χ1) is 9.65. The molecule has 1 aromatic carbocycles. The second-order valence-electron chi connectivity index (χ2n) is 5.40. The van der Waals surface area contributed by atoms with Crippen molar-refractivity contribution in [3.05, 3.63) is 28.5 Å². The van der Waals surface area contributed by atoms with E-state index >= 15 is 0 Å². The monoisotopic (exact) mass is 380 g/mol. The van der Waals surface area contributed by atoms with Crippen molar-refractivity contribution in [2.45, 2.75) is 44.7 Å². The summed E-state index contributed by atoms with van der Waals surface area (Å²) in [6, 6.07) is 4.21. The lowest BCUT2D eigenvalue weighted by atomic mass is 10.2. The average Bonchev–Trinajstić information content (AvgIpc) is 2.33. The second-order valence-corrected chi connectivity index (χ2v) is 7.99. The lowest BCUT2D eigenvalue weighted by Crippen LogP contribution is -2.42. The maximum absolute atomic E-state index is 13.0. The van der Waals surface area contributed by atoms with E-state index < -0.39 is 15.8 Å². The summed E-state index contributed by atoms with van der Waals surface area (Å²) in [6.45, 7) is 9.22. The fourth-order valence-electron chi connectivity index (χ4n) is 2.19. The molecule has 0 saturated heterocycles. The molecule has 0 saturated carbocycles. The molecule has 0 bridgehead atoms. The minimum absolute atomic E-state index is 0.0459. The van der Waals surface area contributed by atoms with Crippen LogP contribution < -0.4 is 4.72 Å². The quantitative estimate of drug-likeness (QED) is 0.790. The van der Waals surface area contributed by atoms with Gasteiger partial charge >= 0.3 is 0 Å². The summed E-state index contributed by atoms with van der Waals surface area (Å²) in [5.74, 6) is -0.480. The van der Waals surface area contributed by atoms with E-state index in [1.165, 1.54) is 6.07 Å². The van der Waals surface area contributed by atoms with Crippen molar-refractivity contribution in [2.75, 3.05) is 13.1 Å². The smallest absolute Gasteiger partial charge is 0.241 e. The molecule has 21 heavy (non-hydrogen) atoms. The van der Waals surface area contributed by atoms with Crippen LogP contribution in [0, 0.1) is 5.82 Å². The zero-order valence-corrected chi connectivity index (χ0v) is 15.1. The van der Waals surface area contributed by atoms with E-state index in [0.29, 0.717) is 25.2 Å². The molecule has 0 radical (unpaired) electrons. The topological polar surface area (TPSA) is 49.4 Å². The van der Waals surface area contributed by atoms with E-state index in [1.807, 2.05) is 0 Å². The van der Waals surface area contributed by atoms with Gasteiger partial charge in [0, 0.05) is 29.6 Å². The minimum Gasteiger partial charge on any atom is -0.297 e. The van der Waals surface area contributed by atoms with Gasteiger partial charge in [-0.15, -0.1) is 0 Å². The van der Waals surface area contributed by atoms with Crippen molar-refractivity contribution in [1.29, 1.82) is 0 Å². The molecule has 0 aliphatic heterocycles. The number of sulfonamides is 1. The Labute approximate surface area is 134 Å². The molecule has 0 atom stereocenters. The molecule has 1 rings (SSSR count). The zero-order valence-electron chi connectivity index (χ0n) is 12.7. The van der Waals surface area contributed by atoms with Crippen LogP contribution in [0.1, 0.15) is 27.7 Å². The number of nitrogens with zero attached hydrogens (tertiary/aromatic N) is 1. The molecule has 0 unspecified atom stereocenters. The van der Waals surface area contributed by atoms with Crippen LogP contribution in [0.4, 0.5) is 4.39 Å². The summed E-state index contributed by atoms with van der Waals surface area (Å²) in [6.07, 6.45) is 0. The number of benzene rings is 1. The van der Waals surface area contributed by atoms with Crippen molar-refractivity contribution in [2.24, 2.45) is 0 Å². The number of halogens is 2. The van der Waals surface area contributed by atoms with Crippen LogP contribution in [0.2, 0.25) is 0 Å². The predicted molar refractivity (Wildman–Crippen MR) is 86.3 cm³/mol. The Morgan fingerprint density at radius 3 is 2.29 bits per heavy atom. The highest BCUT2D eigenvalue weighted by molar-refractivity contribution is 9.10. The lowest BCUT2D eigenvalue weighted by molar-refractivity contribution is 0.179. The molecule has 0 spiro atoms. The SMILES string of the molecule is CC(C)N(CCNS(=O)(=O)c1ccc(F)cc1Br)C(C)C. The Balaban J connectivity index is 2.73. The third-order valence-corrected chi connectivity index (χ3v) is 5.61. The molecule has 0 amide bonds. The van der Waals surface area contributed by atoms with Crippen molar-refractivity contribution in [1.82, 2.24) is 9.62 Å². The van der Waals surface area contributed by atoms with Gasteiger partial charge in [-0.3, -0.25) is 4.90 Å². The van der Waals surface area contributed by atoms with Crippen LogP contribution in [0.3, 0.4) is 0 Å². The van der Waals surface area contributed by atoms with Crippen LogP contribution in [0.15, 0.2) is 27.6 Å². The predicted octanol–water partition coefficient (Wildman–Crippen LogP) is 2.99. The van der Waals surface area contributed by atoms with Crippen molar-refractivity contribution in [3.63, 3.8) is 0 Å². The van der Waals surface area contributed by atoms with Crippen molar-refractivity contribution < 1.29 is 12.8 Å². The molecule has 1 N–H and O–H groups in total. The Bertz CT molecular complexity index is 568. The number of hydrogen-bond donors (Lipinski definition) is 1. The molecule has 1 aromatic rings. The fourth-order valence-corrected chi connectivity index (χ4v) is 4.26. The normalized spacial score (nSPS) is 12.6. The molecule has 120 valence electrons. The number of hydrogen-bond acceptors (Lipinski definition) is 3. The molecule has 0 aliphatic rings. The van der Waals surface area contributed by atoms with Crippen LogP contribution in [0.25, 0.3) is 0 Å². The molecule has 0 aromatic heterocycles. The average molecular weight is 381 g/mol. The van der Waals surface area contributed by atoms with Crippen LogP contribution in [-0.4, -0.2) is 38.5 Å². The van der Waals surface area contributed by atoms with Crippen LogP contribution in [-0.2, 0) is 10.0 Å². The first kappa shape index (κ1) is 18.5. The van der Waals surface area contributed by atoms with Gasteiger partial charge in [0.25, 0.3) is 0 Å². The van der Waals surface area contributed by atoms with Gasteiger partial charge in [-0.2, -0.15) is 0 Å². The van der Waals surface area contributed by atoms with E-state index in [4.69, 9.17) is 0 Å².